The van der Waals surface area contributed by atoms with Crippen molar-refractivity contribution < 1.29 is 19.1 Å². The van der Waals surface area contributed by atoms with Gasteiger partial charge in [0.05, 0.1) is 19.4 Å². The van der Waals surface area contributed by atoms with E-state index < -0.39 is 0 Å². The van der Waals surface area contributed by atoms with Crippen LogP contribution in [0.2, 0.25) is 0 Å². The van der Waals surface area contributed by atoms with Crippen LogP contribution in [0.25, 0.3) is 5.65 Å². The van der Waals surface area contributed by atoms with Gasteiger partial charge in [-0.2, -0.15) is 19.6 Å². The lowest BCUT2D eigenvalue weighted by molar-refractivity contribution is -0.121. The van der Waals surface area contributed by atoms with E-state index in [0.29, 0.717) is 37.4 Å². The Hall–Kier alpha value is -3.99. The van der Waals surface area contributed by atoms with Gasteiger partial charge in [0, 0.05) is 36.2 Å². The molecule has 5 rings (SSSR count). The number of anilines is 2. The normalized spacial score (nSPS) is 20.8. The molecular formula is C29H37N7O4. The number of hydrogen-bond acceptors (Lipinski definition) is 8. The zero-order valence-electron chi connectivity index (χ0n) is 23.1. The second kappa shape index (κ2) is 12.5. The van der Waals surface area contributed by atoms with E-state index >= 15 is 0 Å². The van der Waals surface area contributed by atoms with Gasteiger partial charge in [-0.25, -0.2) is 0 Å². The van der Waals surface area contributed by atoms with Crippen molar-refractivity contribution in [3.63, 3.8) is 0 Å². The molecule has 0 bridgehead atoms. The molecule has 3 N–H and O–H groups in total. The predicted molar refractivity (Wildman–Crippen MR) is 151 cm³/mol. The standard InChI is InChI=1S/C29H37N7O4/c1-4-25(37)32-21-10-8-20(9-11-21)27(38)33-22-7-5-6-19(14-22)15-30-28-35-29(40-23-12-13-39-17-23)34-26-24(18(2)3)16-31-36(26)28/h4-7,14,16,18,20-21,23H,1,8-13,15,17H2,2-3H3,(H,32,37)(H,33,38)(H,30,34,35). The summed E-state index contributed by atoms with van der Waals surface area (Å²) in [6.45, 7) is 9.36. The number of nitrogens with one attached hydrogen (secondary N) is 3. The average Bonchev–Trinajstić information content (AvgIpc) is 3.62. The molecule has 212 valence electrons. The lowest BCUT2D eigenvalue weighted by Crippen LogP contribution is -2.38. The van der Waals surface area contributed by atoms with Gasteiger partial charge >= 0.3 is 6.01 Å². The molecule has 1 aliphatic carbocycles. The molecule has 1 atom stereocenters. The Morgan fingerprint density at radius 3 is 2.75 bits per heavy atom. The van der Waals surface area contributed by atoms with Crippen molar-refractivity contribution in [3.8, 4) is 6.01 Å². The Bertz CT molecular complexity index is 1360. The minimum Gasteiger partial charge on any atom is -0.457 e. The SMILES string of the molecule is C=CC(=O)NC1CCC(C(=O)Nc2cccc(CNc3nc(OC4CCOC4)nc4c(C(C)C)cnn34)c2)CC1. The number of benzene rings is 1. The van der Waals surface area contributed by atoms with Crippen LogP contribution in [0, 0.1) is 5.92 Å². The molecule has 11 heteroatoms. The first-order chi connectivity index (χ1) is 19.4. The summed E-state index contributed by atoms with van der Waals surface area (Å²) in [4.78, 5) is 33.8. The summed E-state index contributed by atoms with van der Waals surface area (Å²) in [5, 5.41) is 13.9. The molecule has 1 saturated carbocycles. The molecule has 3 aromatic rings. The third-order valence-electron chi connectivity index (χ3n) is 7.43. The van der Waals surface area contributed by atoms with Crippen LogP contribution in [0.1, 0.15) is 63.0 Å². The number of fused-ring (bicyclic) bond motifs is 1. The smallest absolute Gasteiger partial charge is 0.322 e. The molecule has 2 aromatic heterocycles. The maximum Gasteiger partial charge on any atom is 0.322 e. The van der Waals surface area contributed by atoms with E-state index in [9.17, 15) is 9.59 Å². The first-order valence-corrected chi connectivity index (χ1v) is 14.0. The summed E-state index contributed by atoms with van der Waals surface area (Å²) >= 11 is 0. The maximum absolute atomic E-state index is 12.9. The van der Waals surface area contributed by atoms with Crippen molar-refractivity contribution in [1.82, 2.24) is 24.9 Å². The van der Waals surface area contributed by atoms with E-state index in [0.717, 1.165) is 48.9 Å². The number of rotatable bonds is 10. The highest BCUT2D eigenvalue weighted by Gasteiger charge is 2.27. The number of nitrogens with zero attached hydrogens (tertiary/aromatic N) is 4. The molecule has 2 fully saturated rings. The quantitative estimate of drug-likeness (QED) is 0.327. The molecule has 2 aliphatic rings. The van der Waals surface area contributed by atoms with Gasteiger partial charge in [-0.1, -0.05) is 32.6 Å². The van der Waals surface area contributed by atoms with Crippen LogP contribution in [0.3, 0.4) is 0 Å². The fourth-order valence-corrected chi connectivity index (χ4v) is 5.15. The number of ether oxygens (including phenoxy) is 2. The topological polar surface area (TPSA) is 132 Å². The summed E-state index contributed by atoms with van der Waals surface area (Å²) in [6.07, 6.45) is 6.86. The summed E-state index contributed by atoms with van der Waals surface area (Å²) in [7, 11) is 0. The Labute approximate surface area is 233 Å². The number of aromatic nitrogens is 4. The van der Waals surface area contributed by atoms with Crippen molar-refractivity contribution >= 4 is 29.1 Å². The van der Waals surface area contributed by atoms with Gasteiger partial charge in [0.2, 0.25) is 17.8 Å². The lowest BCUT2D eigenvalue weighted by atomic mass is 9.85. The van der Waals surface area contributed by atoms with Gasteiger partial charge in [-0.15, -0.1) is 0 Å². The number of amides is 2. The van der Waals surface area contributed by atoms with Crippen molar-refractivity contribution in [3.05, 3.63) is 54.2 Å². The summed E-state index contributed by atoms with van der Waals surface area (Å²) in [6, 6.07) is 8.15. The third-order valence-corrected chi connectivity index (χ3v) is 7.43. The van der Waals surface area contributed by atoms with Crippen molar-refractivity contribution in [1.29, 1.82) is 0 Å². The van der Waals surface area contributed by atoms with E-state index in [-0.39, 0.29) is 35.8 Å². The number of carbonyl (C=O) groups excluding carboxylic acids is 2. The predicted octanol–water partition coefficient (Wildman–Crippen LogP) is 3.83. The first-order valence-electron chi connectivity index (χ1n) is 14.0. The van der Waals surface area contributed by atoms with Crippen molar-refractivity contribution in [2.75, 3.05) is 23.8 Å². The van der Waals surface area contributed by atoms with Crippen molar-refractivity contribution in [2.45, 2.75) is 70.6 Å². The van der Waals surface area contributed by atoms with E-state index in [1.807, 2.05) is 30.5 Å². The molecule has 0 radical (unpaired) electrons. The molecule has 2 amide bonds. The molecule has 1 saturated heterocycles. The van der Waals surface area contributed by atoms with Crippen LogP contribution in [-0.4, -0.2) is 56.8 Å². The second-order valence-electron chi connectivity index (χ2n) is 10.7. The zero-order valence-corrected chi connectivity index (χ0v) is 23.1. The summed E-state index contributed by atoms with van der Waals surface area (Å²) < 4.78 is 13.2. The zero-order chi connectivity index (χ0) is 28.1. The van der Waals surface area contributed by atoms with E-state index in [1.165, 1.54) is 6.08 Å². The third kappa shape index (κ3) is 6.59. The van der Waals surface area contributed by atoms with Crippen LogP contribution in [-0.2, 0) is 20.9 Å². The first kappa shape index (κ1) is 27.6. The highest BCUT2D eigenvalue weighted by atomic mass is 16.6. The second-order valence-corrected chi connectivity index (χ2v) is 10.7. The molecule has 0 spiro atoms. The van der Waals surface area contributed by atoms with Crippen LogP contribution < -0.4 is 20.7 Å². The van der Waals surface area contributed by atoms with Crippen LogP contribution in [0.15, 0.2) is 43.1 Å². The molecule has 11 nitrogen and oxygen atoms in total. The van der Waals surface area contributed by atoms with E-state index in [2.05, 4.69) is 51.4 Å². The van der Waals surface area contributed by atoms with Gasteiger partial charge < -0.3 is 25.4 Å². The number of hydrogen-bond donors (Lipinski definition) is 3. The number of carbonyl (C=O) groups is 2. The molecule has 1 aliphatic heterocycles. The van der Waals surface area contributed by atoms with Crippen molar-refractivity contribution in [2.24, 2.45) is 5.92 Å². The lowest BCUT2D eigenvalue weighted by Gasteiger charge is -2.28. The Kier molecular flexibility index (Phi) is 8.59. The molecule has 40 heavy (non-hydrogen) atoms. The Morgan fingerprint density at radius 2 is 2.02 bits per heavy atom. The van der Waals surface area contributed by atoms with E-state index in [4.69, 9.17) is 9.47 Å². The van der Waals surface area contributed by atoms with Crippen LogP contribution in [0.5, 0.6) is 6.01 Å². The van der Waals surface area contributed by atoms with Crippen LogP contribution >= 0.6 is 0 Å². The van der Waals surface area contributed by atoms with Crippen LogP contribution in [0.4, 0.5) is 11.6 Å². The largest absolute Gasteiger partial charge is 0.457 e. The Morgan fingerprint density at radius 1 is 1.20 bits per heavy atom. The van der Waals surface area contributed by atoms with Gasteiger partial charge in [-0.05, 0) is 55.4 Å². The fourth-order valence-electron chi connectivity index (χ4n) is 5.15. The highest BCUT2D eigenvalue weighted by Crippen LogP contribution is 2.27. The minimum absolute atomic E-state index is 0.00607. The molecule has 1 unspecified atom stereocenters. The maximum atomic E-state index is 12.9. The fraction of sp³-hybridized carbons (Fsp3) is 0.483. The van der Waals surface area contributed by atoms with Gasteiger partial charge in [0.15, 0.2) is 5.65 Å². The summed E-state index contributed by atoms with van der Waals surface area (Å²) in [5.41, 5.74) is 3.44. The van der Waals surface area contributed by atoms with Gasteiger partial charge in [0.1, 0.15) is 6.10 Å². The van der Waals surface area contributed by atoms with E-state index in [1.54, 1.807) is 4.52 Å². The monoisotopic (exact) mass is 547 g/mol. The molecular weight excluding hydrogens is 510 g/mol. The molecule has 1 aromatic carbocycles. The van der Waals surface area contributed by atoms with Gasteiger partial charge in [0.25, 0.3) is 0 Å². The highest BCUT2D eigenvalue weighted by molar-refractivity contribution is 5.92. The van der Waals surface area contributed by atoms with Gasteiger partial charge in [-0.3, -0.25) is 9.59 Å². The molecule has 3 heterocycles. The average molecular weight is 548 g/mol. The minimum atomic E-state index is -0.166. The summed E-state index contributed by atoms with van der Waals surface area (Å²) in [5.74, 6) is 0.531. The Balaban J connectivity index is 1.23.